The molecular weight excluding hydrogens is 180 g/mol. The van der Waals surface area contributed by atoms with Crippen LogP contribution in [0.15, 0.2) is 35.7 Å². The second kappa shape index (κ2) is 3.58. The Kier molecular flexibility index (Phi) is 2.27. The van der Waals surface area contributed by atoms with Gasteiger partial charge in [-0.3, -0.25) is 0 Å². The van der Waals surface area contributed by atoms with Gasteiger partial charge in [-0.1, -0.05) is 30.3 Å². The monoisotopic (exact) mass is 190 g/mol. The van der Waals surface area contributed by atoms with Crippen LogP contribution in [0.25, 0.3) is 11.3 Å². The quantitative estimate of drug-likeness (QED) is 0.787. The van der Waals surface area contributed by atoms with Crippen LogP contribution in [-0.2, 0) is 0 Å². The van der Waals surface area contributed by atoms with Gasteiger partial charge in [-0.2, -0.15) is 0 Å². The van der Waals surface area contributed by atoms with Gasteiger partial charge in [0.2, 0.25) is 0 Å². The molecule has 1 N–H and O–H groups in total. The topological polar surface area (TPSA) is 24.9 Å². The summed E-state index contributed by atoms with van der Waals surface area (Å²) in [6.07, 6.45) is 0. The molecule has 66 valence electrons. The van der Waals surface area contributed by atoms with Crippen LogP contribution in [0.2, 0.25) is 0 Å². The van der Waals surface area contributed by atoms with Crippen molar-refractivity contribution in [2.75, 3.05) is 12.4 Å². The summed E-state index contributed by atoms with van der Waals surface area (Å²) in [5.74, 6) is 0. The largest absolute Gasteiger partial charge is 0.365 e. The minimum absolute atomic E-state index is 0.957. The van der Waals surface area contributed by atoms with E-state index in [4.69, 9.17) is 0 Å². The first kappa shape index (κ1) is 8.26. The zero-order valence-electron chi connectivity index (χ0n) is 7.32. The van der Waals surface area contributed by atoms with Crippen molar-refractivity contribution >= 4 is 16.5 Å². The summed E-state index contributed by atoms with van der Waals surface area (Å²) in [6, 6.07) is 10.2. The maximum atomic E-state index is 4.41. The molecule has 0 amide bonds. The zero-order chi connectivity index (χ0) is 9.10. The third-order valence-corrected chi connectivity index (χ3v) is 2.65. The Labute approximate surface area is 81.3 Å². The molecule has 2 rings (SSSR count). The molecule has 13 heavy (non-hydrogen) atoms. The van der Waals surface area contributed by atoms with Crippen molar-refractivity contribution in [2.45, 2.75) is 0 Å². The Morgan fingerprint density at radius 1 is 1.23 bits per heavy atom. The Bertz CT molecular complexity index is 381. The van der Waals surface area contributed by atoms with Crippen molar-refractivity contribution < 1.29 is 0 Å². The van der Waals surface area contributed by atoms with E-state index in [0.717, 1.165) is 10.8 Å². The van der Waals surface area contributed by atoms with E-state index in [9.17, 15) is 0 Å². The minimum Gasteiger partial charge on any atom is -0.365 e. The van der Waals surface area contributed by atoms with Gasteiger partial charge in [0.1, 0.15) is 0 Å². The lowest BCUT2D eigenvalue weighted by molar-refractivity contribution is 1.36. The molecule has 0 aliphatic heterocycles. The summed E-state index contributed by atoms with van der Waals surface area (Å²) >= 11 is 1.62. The average Bonchev–Trinajstić information content (AvgIpc) is 2.67. The van der Waals surface area contributed by atoms with Crippen molar-refractivity contribution in [1.82, 2.24) is 4.98 Å². The van der Waals surface area contributed by atoms with Crippen LogP contribution in [0.5, 0.6) is 0 Å². The number of nitrogens with one attached hydrogen (secondary N) is 1. The first-order valence-corrected chi connectivity index (χ1v) is 4.97. The highest BCUT2D eigenvalue weighted by Crippen LogP contribution is 2.23. The fourth-order valence-electron chi connectivity index (χ4n) is 1.13. The highest BCUT2D eigenvalue weighted by atomic mass is 32.1. The summed E-state index contributed by atoms with van der Waals surface area (Å²) < 4.78 is 0. The van der Waals surface area contributed by atoms with E-state index in [1.807, 2.05) is 25.2 Å². The maximum Gasteiger partial charge on any atom is 0.182 e. The first-order chi connectivity index (χ1) is 6.40. The molecular formula is C10H10N2S. The molecule has 0 aliphatic carbocycles. The zero-order valence-corrected chi connectivity index (χ0v) is 8.14. The molecule has 0 saturated carbocycles. The molecule has 0 radical (unpaired) electrons. The SMILES string of the molecule is CNc1nc(-c2ccccc2)cs1. The van der Waals surface area contributed by atoms with E-state index in [-0.39, 0.29) is 0 Å². The van der Waals surface area contributed by atoms with Gasteiger partial charge in [-0.15, -0.1) is 11.3 Å². The fourth-order valence-corrected chi connectivity index (χ4v) is 1.81. The second-order valence-corrected chi connectivity index (χ2v) is 3.51. The molecule has 1 heterocycles. The summed E-state index contributed by atoms with van der Waals surface area (Å²) in [5, 5.41) is 6.04. The molecule has 0 atom stereocenters. The van der Waals surface area contributed by atoms with E-state index in [1.165, 1.54) is 5.56 Å². The number of nitrogens with zero attached hydrogens (tertiary/aromatic N) is 1. The van der Waals surface area contributed by atoms with Crippen molar-refractivity contribution in [1.29, 1.82) is 0 Å². The molecule has 0 spiro atoms. The van der Waals surface area contributed by atoms with Crippen molar-refractivity contribution in [3.63, 3.8) is 0 Å². The maximum absolute atomic E-state index is 4.41. The van der Waals surface area contributed by atoms with Crippen LogP contribution in [0, 0.1) is 0 Å². The van der Waals surface area contributed by atoms with Gasteiger partial charge in [0.15, 0.2) is 5.13 Å². The lowest BCUT2D eigenvalue weighted by atomic mass is 10.2. The Balaban J connectivity index is 2.36. The van der Waals surface area contributed by atoms with Gasteiger partial charge in [0, 0.05) is 18.0 Å². The fraction of sp³-hybridized carbons (Fsp3) is 0.100. The molecule has 0 saturated heterocycles. The summed E-state index contributed by atoms with van der Waals surface area (Å²) in [7, 11) is 1.88. The number of thiazole rings is 1. The van der Waals surface area contributed by atoms with Crippen molar-refractivity contribution in [3.8, 4) is 11.3 Å². The van der Waals surface area contributed by atoms with Gasteiger partial charge in [0.05, 0.1) is 5.69 Å². The molecule has 2 nitrogen and oxygen atoms in total. The number of rotatable bonds is 2. The molecule has 1 aromatic heterocycles. The predicted molar refractivity (Wildman–Crippen MR) is 57.1 cm³/mol. The second-order valence-electron chi connectivity index (χ2n) is 2.65. The molecule has 1 aromatic carbocycles. The van der Waals surface area contributed by atoms with Crippen LogP contribution >= 0.6 is 11.3 Å². The van der Waals surface area contributed by atoms with Gasteiger partial charge in [-0.05, 0) is 0 Å². The lowest BCUT2D eigenvalue weighted by Crippen LogP contribution is -1.85. The van der Waals surface area contributed by atoms with E-state index in [1.54, 1.807) is 11.3 Å². The average molecular weight is 190 g/mol. The summed E-state index contributed by atoms with van der Waals surface area (Å²) in [6.45, 7) is 0. The summed E-state index contributed by atoms with van der Waals surface area (Å²) in [4.78, 5) is 4.41. The van der Waals surface area contributed by atoms with Gasteiger partial charge in [-0.25, -0.2) is 4.98 Å². The number of aromatic nitrogens is 1. The normalized spacial score (nSPS) is 9.92. The molecule has 0 aliphatic rings. The van der Waals surface area contributed by atoms with Gasteiger partial charge in [0.25, 0.3) is 0 Å². The van der Waals surface area contributed by atoms with E-state index in [0.29, 0.717) is 0 Å². The first-order valence-electron chi connectivity index (χ1n) is 4.09. The van der Waals surface area contributed by atoms with Crippen molar-refractivity contribution in [2.24, 2.45) is 0 Å². The standard InChI is InChI=1S/C10H10N2S/c1-11-10-12-9(7-13-10)8-5-3-2-4-6-8/h2-7H,1H3,(H,11,12). The van der Waals surface area contributed by atoms with Crippen LogP contribution in [0.1, 0.15) is 0 Å². The van der Waals surface area contributed by atoms with Gasteiger partial charge >= 0.3 is 0 Å². The van der Waals surface area contributed by atoms with Crippen molar-refractivity contribution in [3.05, 3.63) is 35.7 Å². The Morgan fingerprint density at radius 2 is 2.00 bits per heavy atom. The highest BCUT2D eigenvalue weighted by molar-refractivity contribution is 7.14. The number of anilines is 1. The molecule has 2 aromatic rings. The van der Waals surface area contributed by atoms with E-state index < -0.39 is 0 Å². The number of hydrogen-bond acceptors (Lipinski definition) is 3. The molecule has 0 fully saturated rings. The van der Waals surface area contributed by atoms with Gasteiger partial charge < -0.3 is 5.32 Å². The molecule has 0 bridgehead atoms. The number of hydrogen-bond donors (Lipinski definition) is 1. The van der Waals surface area contributed by atoms with Crippen LogP contribution in [0.4, 0.5) is 5.13 Å². The molecule has 0 unspecified atom stereocenters. The number of benzene rings is 1. The Morgan fingerprint density at radius 3 is 2.62 bits per heavy atom. The van der Waals surface area contributed by atoms with E-state index in [2.05, 4.69) is 27.8 Å². The van der Waals surface area contributed by atoms with Crippen LogP contribution in [0.3, 0.4) is 0 Å². The highest BCUT2D eigenvalue weighted by Gasteiger charge is 2.01. The van der Waals surface area contributed by atoms with E-state index >= 15 is 0 Å². The Hall–Kier alpha value is -1.35. The van der Waals surface area contributed by atoms with Crippen LogP contribution < -0.4 is 5.32 Å². The lowest BCUT2D eigenvalue weighted by Gasteiger charge is -1.93. The predicted octanol–water partition coefficient (Wildman–Crippen LogP) is 2.85. The van der Waals surface area contributed by atoms with Crippen LogP contribution in [-0.4, -0.2) is 12.0 Å². The smallest absolute Gasteiger partial charge is 0.182 e. The minimum atomic E-state index is 0.957. The summed E-state index contributed by atoms with van der Waals surface area (Å²) in [5.41, 5.74) is 2.20. The third-order valence-electron chi connectivity index (χ3n) is 1.79. The third kappa shape index (κ3) is 1.70. The molecule has 3 heteroatoms.